The van der Waals surface area contributed by atoms with Crippen LogP contribution in [0.25, 0.3) is 151 Å². The average molecular weight is 1050 g/mol. The van der Waals surface area contributed by atoms with E-state index in [2.05, 4.69) is 240 Å². The van der Waals surface area contributed by atoms with Gasteiger partial charge in [-0.05, 0) is 80.9 Å². The number of aromatic nitrogens is 2. The second kappa shape index (κ2) is 18.1. The molecule has 80 heavy (non-hydrogen) atoms. The highest BCUT2D eigenvalue weighted by molar-refractivity contribution is 7.27. The van der Waals surface area contributed by atoms with Gasteiger partial charge in [-0.15, -0.1) is 22.7 Å². The van der Waals surface area contributed by atoms with Gasteiger partial charge in [0.05, 0.1) is 54.0 Å². The van der Waals surface area contributed by atoms with Crippen LogP contribution in [0.1, 0.15) is 11.1 Å². The Morgan fingerprint density at radius 1 is 0.300 bits per heavy atom. The molecule has 0 spiro atoms. The second-order valence-corrected chi connectivity index (χ2v) is 22.5. The SMILES string of the molecule is N#Cc1c(-c2ccccc2)c(C#N)c(-n2c3c(ccc4c5ccccc5sc43)c3c(-c4ccccc4)cc4c5ccccc5sc4c32)c(-c2ccccc2)c1-n1c2ccccc2c2cc(-c3ccccc3)c(-c3ccccc3)cc21. The highest BCUT2D eigenvalue weighted by Gasteiger charge is 2.34. The van der Waals surface area contributed by atoms with E-state index < -0.39 is 0 Å². The topological polar surface area (TPSA) is 57.4 Å². The summed E-state index contributed by atoms with van der Waals surface area (Å²) in [6.07, 6.45) is 0. The zero-order valence-corrected chi connectivity index (χ0v) is 44.5. The molecule has 4 aromatic heterocycles. The van der Waals surface area contributed by atoms with E-state index in [0.29, 0.717) is 22.4 Å². The maximum Gasteiger partial charge on any atom is 0.102 e. The molecular weight excluding hydrogens is 1010 g/mol. The van der Waals surface area contributed by atoms with Crippen molar-refractivity contribution in [2.75, 3.05) is 0 Å². The van der Waals surface area contributed by atoms with E-state index in [1.165, 1.54) is 20.2 Å². The Hall–Kier alpha value is -10.3. The molecule has 0 aliphatic rings. The third-order valence-electron chi connectivity index (χ3n) is 16.2. The smallest absolute Gasteiger partial charge is 0.102 e. The number of nitrogens with zero attached hydrogens (tertiary/aromatic N) is 4. The third kappa shape index (κ3) is 6.71. The van der Waals surface area contributed by atoms with Crippen LogP contribution in [0.15, 0.2) is 255 Å². The molecule has 0 amide bonds. The summed E-state index contributed by atoms with van der Waals surface area (Å²) in [4.78, 5) is 0. The van der Waals surface area contributed by atoms with Gasteiger partial charge in [0.25, 0.3) is 0 Å². The summed E-state index contributed by atoms with van der Waals surface area (Å²) in [5.74, 6) is 0. The normalized spacial score (nSPS) is 11.7. The molecule has 6 heteroatoms. The number of fused-ring (bicyclic) bond motifs is 14. The summed E-state index contributed by atoms with van der Waals surface area (Å²) in [5, 5.41) is 33.8. The van der Waals surface area contributed by atoms with Gasteiger partial charge in [0.15, 0.2) is 0 Å². The van der Waals surface area contributed by atoms with Gasteiger partial charge in [-0.3, -0.25) is 0 Å². The monoisotopic (exact) mass is 1050 g/mol. The Morgan fingerprint density at radius 3 is 1.30 bits per heavy atom. The van der Waals surface area contributed by atoms with Crippen LogP contribution in [-0.4, -0.2) is 9.13 Å². The first kappa shape index (κ1) is 45.8. The number of para-hydroxylation sites is 1. The third-order valence-corrected chi connectivity index (χ3v) is 18.6. The van der Waals surface area contributed by atoms with Gasteiger partial charge in [0.2, 0.25) is 0 Å². The maximum absolute atomic E-state index is 12.5. The van der Waals surface area contributed by atoms with Crippen LogP contribution < -0.4 is 0 Å². The lowest BCUT2D eigenvalue weighted by atomic mass is 9.86. The first-order valence-electron chi connectivity index (χ1n) is 26.8. The lowest BCUT2D eigenvalue weighted by molar-refractivity contribution is 1.13. The molecule has 0 fully saturated rings. The van der Waals surface area contributed by atoms with Gasteiger partial charge < -0.3 is 9.13 Å². The molecule has 4 nitrogen and oxygen atoms in total. The highest BCUT2D eigenvalue weighted by Crippen LogP contribution is 2.55. The summed E-state index contributed by atoms with van der Waals surface area (Å²) in [6, 6.07) is 96.1. The summed E-state index contributed by atoms with van der Waals surface area (Å²) >= 11 is 3.60. The van der Waals surface area contributed by atoms with Crippen molar-refractivity contribution in [1.82, 2.24) is 9.13 Å². The van der Waals surface area contributed by atoms with Gasteiger partial charge in [-0.1, -0.05) is 218 Å². The van der Waals surface area contributed by atoms with Crippen LogP contribution in [0.4, 0.5) is 0 Å². The van der Waals surface area contributed by atoms with Crippen molar-refractivity contribution in [1.29, 1.82) is 10.5 Å². The molecule has 0 atom stereocenters. The van der Waals surface area contributed by atoms with Crippen LogP contribution in [-0.2, 0) is 0 Å². The summed E-state index contributed by atoms with van der Waals surface area (Å²) in [6.45, 7) is 0. The van der Waals surface area contributed by atoms with Crippen molar-refractivity contribution in [2.24, 2.45) is 0 Å². The molecule has 16 rings (SSSR count). The fourth-order valence-corrected chi connectivity index (χ4v) is 15.3. The first-order chi connectivity index (χ1) is 39.7. The molecule has 0 saturated carbocycles. The van der Waals surface area contributed by atoms with Crippen molar-refractivity contribution in [3.8, 4) is 79.1 Å². The van der Waals surface area contributed by atoms with Crippen LogP contribution in [0.5, 0.6) is 0 Å². The highest BCUT2D eigenvalue weighted by atomic mass is 32.1. The number of rotatable bonds is 7. The lowest BCUT2D eigenvalue weighted by Crippen LogP contribution is -2.11. The summed E-state index contributed by atoms with van der Waals surface area (Å²) in [5.41, 5.74) is 15.8. The number of thiophene rings is 2. The largest absolute Gasteiger partial charge is 0.307 e. The molecule has 0 N–H and O–H groups in total. The van der Waals surface area contributed by atoms with Crippen LogP contribution in [0.3, 0.4) is 0 Å². The standard InChI is InChI=1S/C74H42N4S2/c75-43-60-66(48-28-12-4-13-29-48)61(44-76)70(67(49-30-14-5-15-31-49)69(60)77-62-35-19-16-32-50(62)58-40-55(45-22-6-1-7-23-45)56(42-63(58)77)46-24-8-2-9-25-46)78-71-54(39-38-53-51-33-17-20-36-64(51)79-73(53)71)68-57(47-26-10-3-11-27-47)41-59-52-34-18-21-37-65(52)80-74(59)72(68)78/h1-42H. The van der Waals surface area contributed by atoms with E-state index in [-0.39, 0.29) is 0 Å². The zero-order chi connectivity index (χ0) is 53.0. The van der Waals surface area contributed by atoms with Crippen LogP contribution in [0, 0.1) is 22.7 Å². The summed E-state index contributed by atoms with van der Waals surface area (Å²) in [7, 11) is 0. The minimum absolute atomic E-state index is 0.413. The van der Waals surface area contributed by atoms with Gasteiger partial charge in [0.1, 0.15) is 12.1 Å². The van der Waals surface area contributed by atoms with Gasteiger partial charge in [-0.2, -0.15) is 10.5 Å². The molecule has 0 aliphatic heterocycles. The number of hydrogen-bond donors (Lipinski definition) is 0. The molecule has 0 bridgehead atoms. The molecule has 12 aromatic carbocycles. The van der Waals surface area contributed by atoms with E-state index >= 15 is 0 Å². The predicted molar refractivity (Wildman–Crippen MR) is 338 cm³/mol. The predicted octanol–water partition coefficient (Wildman–Crippen LogP) is 20.7. The van der Waals surface area contributed by atoms with Crippen LogP contribution in [0.2, 0.25) is 0 Å². The molecule has 0 aliphatic carbocycles. The first-order valence-corrected chi connectivity index (χ1v) is 28.4. The van der Waals surface area contributed by atoms with Crippen molar-refractivity contribution in [3.63, 3.8) is 0 Å². The average Bonchev–Trinajstić information content (AvgIpc) is 4.40. The molecule has 370 valence electrons. The van der Waals surface area contributed by atoms with Crippen LogP contribution >= 0.6 is 22.7 Å². The van der Waals surface area contributed by atoms with Crippen molar-refractivity contribution in [2.45, 2.75) is 0 Å². The molecule has 4 heterocycles. The Labute approximate surface area is 468 Å². The van der Waals surface area contributed by atoms with Crippen molar-refractivity contribution >= 4 is 107 Å². The van der Waals surface area contributed by atoms with E-state index in [1.807, 2.05) is 36.4 Å². The molecule has 0 radical (unpaired) electrons. The Kier molecular flexibility index (Phi) is 10.4. The Morgan fingerprint density at radius 2 is 0.725 bits per heavy atom. The molecule has 16 aromatic rings. The fraction of sp³-hybridized carbons (Fsp3) is 0. The van der Waals surface area contributed by atoms with Crippen molar-refractivity contribution in [3.05, 3.63) is 266 Å². The maximum atomic E-state index is 12.5. The Bertz CT molecular complexity index is 5290. The van der Waals surface area contributed by atoms with E-state index in [9.17, 15) is 10.5 Å². The minimum Gasteiger partial charge on any atom is -0.307 e. The molecule has 0 saturated heterocycles. The van der Waals surface area contributed by atoms with E-state index in [1.54, 1.807) is 22.7 Å². The van der Waals surface area contributed by atoms with E-state index in [4.69, 9.17) is 0 Å². The van der Waals surface area contributed by atoms with Gasteiger partial charge in [-0.25, -0.2) is 0 Å². The fourth-order valence-electron chi connectivity index (χ4n) is 12.8. The zero-order valence-electron chi connectivity index (χ0n) is 42.9. The van der Waals surface area contributed by atoms with Gasteiger partial charge in [0, 0.05) is 63.6 Å². The lowest BCUT2D eigenvalue weighted by Gasteiger charge is -2.26. The van der Waals surface area contributed by atoms with Crippen molar-refractivity contribution < 1.29 is 0 Å². The van der Waals surface area contributed by atoms with Gasteiger partial charge >= 0.3 is 0 Å². The number of hydrogen-bond acceptors (Lipinski definition) is 4. The van der Waals surface area contributed by atoms with E-state index in [0.717, 1.165) is 120 Å². The number of benzene rings is 12. The molecule has 0 unspecified atom stereocenters. The number of nitriles is 2. The second-order valence-electron chi connectivity index (χ2n) is 20.4. The quantitative estimate of drug-likeness (QED) is 0.160. The minimum atomic E-state index is 0.413. The Balaban J connectivity index is 1.20. The summed E-state index contributed by atoms with van der Waals surface area (Å²) < 4.78 is 9.44. The molecular formula is C74H42N4S2.